The first-order valence-corrected chi connectivity index (χ1v) is 6.99. The minimum Gasteiger partial charge on any atom is -0.356 e. The zero-order valence-electron chi connectivity index (χ0n) is 9.85. The Kier molecular flexibility index (Phi) is 2.98. The van der Waals surface area contributed by atoms with Crippen LogP contribution < -0.4 is 5.43 Å². The molecule has 0 saturated carbocycles. The number of nitrogens with one attached hydrogen (secondary N) is 1. The Bertz CT molecular complexity index is 678. The zero-order valence-corrected chi connectivity index (χ0v) is 11.4. The molecule has 1 aliphatic rings. The number of hydrogen-bond donors (Lipinski definition) is 1. The quantitative estimate of drug-likeness (QED) is 0.740. The van der Waals surface area contributed by atoms with E-state index in [9.17, 15) is 9.18 Å². The molecular formula is C14H13BrFNO. The number of halogens is 2. The molecule has 4 heteroatoms. The van der Waals surface area contributed by atoms with Crippen molar-refractivity contribution in [1.82, 2.24) is 4.98 Å². The van der Waals surface area contributed by atoms with E-state index < -0.39 is 0 Å². The van der Waals surface area contributed by atoms with Crippen LogP contribution in [0, 0.1) is 5.82 Å². The Hall–Kier alpha value is -1.16. The summed E-state index contributed by atoms with van der Waals surface area (Å²) in [5.74, 6) is -0.372. The molecule has 0 atom stereocenters. The molecule has 1 aliphatic carbocycles. The van der Waals surface area contributed by atoms with E-state index >= 15 is 0 Å². The predicted octanol–water partition coefficient (Wildman–Crippen LogP) is 3.70. The van der Waals surface area contributed by atoms with Gasteiger partial charge in [0.05, 0.1) is 5.52 Å². The molecule has 2 nitrogen and oxygen atoms in total. The maximum absolute atomic E-state index is 13.9. The van der Waals surface area contributed by atoms with Gasteiger partial charge in [-0.25, -0.2) is 4.39 Å². The van der Waals surface area contributed by atoms with Gasteiger partial charge in [-0.1, -0.05) is 22.4 Å². The third kappa shape index (κ3) is 1.88. The van der Waals surface area contributed by atoms with Crippen molar-refractivity contribution in [2.24, 2.45) is 0 Å². The number of pyridine rings is 1. The maximum Gasteiger partial charge on any atom is 0.192 e. The minimum absolute atomic E-state index is 0.0131. The van der Waals surface area contributed by atoms with Crippen LogP contribution in [0.25, 0.3) is 10.9 Å². The average Bonchev–Trinajstić information content (AvgIpc) is 2.56. The van der Waals surface area contributed by atoms with Crippen LogP contribution in [-0.2, 0) is 12.8 Å². The zero-order chi connectivity index (χ0) is 12.7. The lowest BCUT2D eigenvalue weighted by atomic mass is 10.0. The van der Waals surface area contributed by atoms with E-state index in [2.05, 4.69) is 20.9 Å². The predicted molar refractivity (Wildman–Crippen MR) is 73.5 cm³/mol. The highest BCUT2D eigenvalue weighted by Gasteiger charge is 2.16. The topological polar surface area (TPSA) is 32.9 Å². The fourth-order valence-electron chi connectivity index (χ4n) is 2.66. The molecule has 0 bridgehead atoms. The highest BCUT2D eigenvalue weighted by molar-refractivity contribution is 9.10. The number of H-pyrrole nitrogens is 1. The van der Waals surface area contributed by atoms with Crippen LogP contribution in [0.2, 0.25) is 0 Å². The van der Waals surface area contributed by atoms with Crippen molar-refractivity contribution in [1.29, 1.82) is 0 Å². The van der Waals surface area contributed by atoms with Gasteiger partial charge < -0.3 is 4.98 Å². The van der Waals surface area contributed by atoms with Gasteiger partial charge in [-0.2, -0.15) is 0 Å². The van der Waals surface area contributed by atoms with E-state index in [0.29, 0.717) is 15.4 Å². The van der Waals surface area contributed by atoms with Crippen molar-refractivity contribution >= 4 is 26.8 Å². The van der Waals surface area contributed by atoms with Crippen LogP contribution >= 0.6 is 15.9 Å². The second-order valence-corrected chi connectivity index (χ2v) is 5.70. The summed E-state index contributed by atoms with van der Waals surface area (Å²) in [5, 5.41) is 0.447. The Morgan fingerprint density at radius 2 is 1.94 bits per heavy atom. The maximum atomic E-state index is 13.9. The molecular weight excluding hydrogens is 297 g/mol. The van der Waals surface area contributed by atoms with E-state index in [0.717, 1.165) is 43.4 Å². The Balaban J connectivity index is 2.38. The molecule has 1 aromatic heterocycles. The first-order valence-electron chi connectivity index (χ1n) is 6.19. The van der Waals surface area contributed by atoms with Gasteiger partial charge in [-0.15, -0.1) is 0 Å². The summed E-state index contributed by atoms with van der Waals surface area (Å²) in [4.78, 5) is 15.6. The molecule has 2 aromatic rings. The van der Waals surface area contributed by atoms with Crippen molar-refractivity contribution in [2.45, 2.75) is 32.1 Å². The lowest BCUT2D eigenvalue weighted by Gasteiger charge is -2.09. The summed E-state index contributed by atoms with van der Waals surface area (Å²) in [6, 6.07) is 3.09. The highest BCUT2D eigenvalue weighted by Crippen LogP contribution is 2.24. The normalized spacial score (nSPS) is 15.4. The molecule has 1 heterocycles. The molecule has 1 aromatic carbocycles. The van der Waals surface area contributed by atoms with E-state index in [1.807, 2.05) is 0 Å². The smallest absolute Gasteiger partial charge is 0.192 e. The van der Waals surface area contributed by atoms with Gasteiger partial charge in [0.2, 0.25) is 0 Å². The number of rotatable bonds is 0. The number of aromatic nitrogens is 1. The molecule has 0 unspecified atom stereocenters. The number of hydrogen-bond acceptors (Lipinski definition) is 1. The molecule has 3 rings (SSSR count). The van der Waals surface area contributed by atoms with Gasteiger partial charge in [0, 0.05) is 21.1 Å². The lowest BCUT2D eigenvalue weighted by Crippen LogP contribution is -2.14. The van der Waals surface area contributed by atoms with Crippen LogP contribution in [0.3, 0.4) is 0 Å². The summed E-state index contributed by atoms with van der Waals surface area (Å²) < 4.78 is 14.5. The minimum atomic E-state index is -0.372. The fraction of sp³-hybridized carbons (Fsp3) is 0.357. The average molecular weight is 310 g/mol. The summed E-state index contributed by atoms with van der Waals surface area (Å²) in [6.07, 6.45) is 4.87. The van der Waals surface area contributed by atoms with Crippen molar-refractivity contribution in [3.63, 3.8) is 0 Å². The van der Waals surface area contributed by atoms with Gasteiger partial charge >= 0.3 is 0 Å². The van der Waals surface area contributed by atoms with Gasteiger partial charge in [0.1, 0.15) is 5.82 Å². The first-order chi connectivity index (χ1) is 8.66. The fourth-order valence-corrected chi connectivity index (χ4v) is 3.09. The molecule has 94 valence electrons. The summed E-state index contributed by atoms with van der Waals surface area (Å²) >= 11 is 3.24. The molecule has 0 amide bonds. The van der Waals surface area contributed by atoms with Gasteiger partial charge in [-0.3, -0.25) is 4.79 Å². The lowest BCUT2D eigenvalue weighted by molar-refractivity contribution is 0.635. The second kappa shape index (κ2) is 4.50. The molecule has 0 fully saturated rings. The largest absolute Gasteiger partial charge is 0.356 e. The standard InChI is InChI=1S/C14H13BrFNO/c15-8-6-10-13(11(16)7-8)17-12-5-3-1-2-4-9(12)14(10)18/h6-7H,1-5H2,(H,17,18). The Morgan fingerprint density at radius 3 is 2.78 bits per heavy atom. The number of benzene rings is 1. The van der Waals surface area contributed by atoms with Crippen LogP contribution in [-0.4, -0.2) is 4.98 Å². The molecule has 0 saturated heterocycles. The van der Waals surface area contributed by atoms with E-state index in [-0.39, 0.29) is 11.2 Å². The first kappa shape index (κ1) is 11.9. The number of aromatic amines is 1. The number of fused-ring (bicyclic) bond motifs is 2. The summed E-state index contributed by atoms with van der Waals surface area (Å²) in [5.41, 5.74) is 2.09. The van der Waals surface area contributed by atoms with Gasteiger partial charge in [-0.05, 0) is 37.8 Å². The van der Waals surface area contributed by atoms with Crippen molar-refractivity contribution in [2.75, 3.05) is 0 Å². The Morgan fingerprint density at radius 1 is 1.17 bits per heavy atom. The molecule has 0 aliphatic heterocycles. The SMILES string of the molecule is O=c1c2c([nH]c3c(F)cc(Br)cc13)CCCCC2. The van der Waals surface area contributed by atoms with Crippen LogP contribution in [0.1, 0.15) is 30.5 Å². The second-order valence-electron chi connectivity index (χ2n) is 4.78. The van der Waals surface area contributed by atoms with E-state index in [4.69, 9.17) is 0 Å². The third-order valence-corrected chi connectivity index (χ3v) is 4.03. The highest BCUT2D eigenvalue weighted by atomic mass is 79.9. The summed E-state index contributed by atoms with van der Waals surface area (Å²) in [7, 11) is 0. The van der Waals surface area contributed by atoms with Crippen molar-refractivity contribution < 1.29 is 4.39 Å². The van der Waals surface area contributed by atoms with Crippen LogP contribution in [0.15, 0.2) is 21.4 Å². The van der Waals surface area contributed by atoms with Gasteiger partial charge in [0.25, 0.3) is 0 Å². The van der Waals surface area contributed by atoms with E-state index in [1.54, 1.807) is 6.07 Å². The van der Waals surface area contributed by atoms with Crippen molar-refractivity contribution in [3.05, 3.63) is 43.9 Å². The third-order valence-electron chi connectivity index (χ3n) is 3.57. The molecule has 18 heavy (non-hydrogen) atoms. The van der Waals surface area contributed by atoms with Crippen LogP contribution in [0.5, 0.6) is 0 Å². The summed E-state index contributed by atoms with van der Waals surface area (Å²) in [6.45, 7) is 0. The molecule has 1 N–H and O–H groups in total. The molecule has 0 radical (unpaired) electrons. The van der Waals surface area contributed by atoms with Crippen LogP contribution in [0.4, 0.5) is 4.39 Å². The van der Waals surface area contributed by atoms with E-state index in [1.165, 1.54) is 6.07 Å². The van der Waals surface area contributed by atoms with Crippen molar-refractivity contribution in [3.8, 4) is 0 Å². The van der Waals surface area contributed by atoms with Gasteiger partial charge in [0.15, 0.2) is 5.43 Å². The Labute approximate surface area is 112 Å². The number of aryl methyl sites for hydroxylation is 1. The monoisotopic (exact) mass is 309 g/mol. The molecule has 0 spiro atoms.